The summed E-state index contributed by atoms with van der Waals surface area (Å²) < 4.78 is 6.43. The van der Waals surface area contributed by atoms with Crippen LogP contribution in [-0.4, -0.2) is 22.9 Å². The van der Waals surface area contributed by atoms with E-state index < -0.39 is 0 Å². The second kappa shape index (κ2) is 6.95. The Balaban J connectivity index is 1.37. The van der Waals surface area contributed by atoms with Gasteiger partial charge in [-0.3, -0.25) is 0 Å². The van der Waals surface area contributed by atoms with E-state index in [1.54, 1.807) is 5.57 Å². The highest BCUT2D eigenvalue weighted by atomic mass is 16.6. The number of rotatable bonds is 5. The molecule has 9 atom stereocenters. The average molecular weight is 413 g/mol. The van der Waals surface area contributed by atoms with Crippen LogP contribution < -0.4 is 0 Å². The van der Waals surface area contributed by atoms with E-state index in [0.717, 1.165) is 37.0 Å². The molecule has 3 saturated carbocycles. The molecule has 30 heavy (non-hydrogen) atoms. The first-order valence-electron chi connectivity index (χ1n) is 12.9. The number of hydrogen-bond donors (Lipinski definition) is 1. The molecule has 1 heterocycles. The van der Waals surface area contributed by atoms with E-state index in [0.29, 0.717) is 17.3 Å². The zero-order chi connectivity index (χ0) is 21.5. The summed E-state index contributed by atoms with van der Waals surface area (Å²) in [6, 6.07) is 0. The lowest BCUT2D eigenvalue weighted by atomic mass is 9.47. The zero-order valence-corrected chi connectivity index (χ0v) is 20.0. The lowest BCUT2D eigenvalue weighted by Gasteiger charge is -2.56. The predicted octanol–water partition coefficient (Wildman–Crippen LogP) is 6.69. The molecule has 4 fully saturated rings. The van der Waals surface area contributed by atoms with Crippen molar-refractivity contribution >= 4 is 0 Å². The van der Waals surface area contributed by atoms with E-state index in [9.17, 15) is 5.11 Å². The van der Waals surface area contributed by atoms with Crippen molar-refractivity contribution in [2.75, 3.05) is 0 Å². The number of hydrogen-bond acceptors (Lipinski definition) is 2. The maximum atomic E-state index is 10.4. The van der Waals surface area contributed by atoms with Crippen LogP contribution in [0.2, 0.25) is 0 Å². The molecule has 0 aromatic heterocycles. The molecule has 0 aromatic rings. The zero-order valence-electron chi connectivity index (χ0n) is 20.0. The van der Waals surface area contributed by atoms with Crippen molar-refractivity contribution in [1.82, 2.24) is 0 Å². The summed E-state index contributed by atoms with van der Waals surface area (Å²) in [6.07, 6.45) is 13.6. The molecule has 2 nitrogen and oxygen atoms in total. The summed E-state index contributed by atoms with van der Waals surface area (Å²) in [7, 11) is 0. The highest BCUT2D eigenvalue weighted by Gasteiger charge is 2.73. The lowest BCUT2D eigenvalue weighted by Crippen LogP contribution is -2.55. The summed E-state index contributed by atoms with van der Waals surface area (Å²) >= 11 is 0. The van der Waals surface area contributed by atoms with Crippen LogP contribution in [0.5, 0.6) is 0 Å². The normalized spacial score (nSPS) is 50.1. The summed E-state index contributed by atoms with van der Waals surface area (Å²) in [6.45, 7) is 16.5. The van der Waals surface area contributed by atoms with E-state index in [2.05, 4.69) is 47.3 Å². The van der Waals surface area contributed by atoms with Crippen LogP contribution in [0.4, 0.5) is 0 Å². The first kappa shape index (κ1) is 21.3. The van der Waals surface area contributed by atoms with Gasteiger partial charge in [-0.25, -0.2) is 0 Å². The summed E-state index contributed by atoms with van der Waals surface area (Å²) in [5.74, 6) is 3.67. The van der Waals surface area contributed by atoms with Gasteiger partial charge in [-0.1, -0.05) is 58.4 Å². The molecule has 5 rings (SSSR count). The van der Waals surface area contributed by atoms with Crippen molar-refractivity contribution in [1.29, 1.82) is 0 Å². The van der Waals surface area contributed by atoms with Gasteiger partial charge < -0.3 is 9.84 Å². The summed E-state index contributed by atoms with van der Waals surface area (Å²) in [5, 5.41) is 10.4. The standard InChI is InChI=1S/C28H44O2/c1-17(2)18(3)7-8-19(4)22-9-10-23-21-15-25-28(30-25)16-20(29)11-14-27(28,6)24(21)12-13-26(22,23)5/h15,17,19-20,22-25,29H,3,7-14,16H2,1-2,4-6H3/t19-,20+,22-,23+,24+,25+,26-,27-,28+/m1/s1. The van der Waals surface area contributed by atoms with E-state index in [1.165, 1.54) is 44.1 Å². The Morgan fingerprint density at radius 1 is 1.13 bits per heavy atom. The molecular weight excluding hydrogens is 368 g/mol. The van der Waals surface area contributed by atoms with E-state index >= 15 is 0 Å². The molecule has 0 unspecified atom stereocenters. The quantitative estimate of drug-likeness (QED) is 0.403. The van der Waals surface area contributed by atoms with E-state index in [1.807, 2.05) is 0 Å². The molecule has 2 heteroatoms. The van der Waals surface area contributed by atoms with Crippen LogP contribution >= 0.6 is 0 Å². The minimum Gasteiger partial charge on any atom is -0.393 e. The fourth-order valence-electron chi connectivity index (χ4n) is 8.78. The van der Waals surface area contributed by atoms with Gasteiger partial charge in [0.2, 0.25) is 0 Å². The van der Waals surface area contributed by atoms with Crippen molar-refractivity contribution in [3.63, 3.8) is 0 Å². The van der Waals surface area contributed by atoms with Gasteiger partial charge in [-0.2, -0.15) is 0 Å². The predicted molar refractivity (Wildman–Crippen MR) is 123 cm³/mol. The molecule has 1 saturated heterocycles. The maximum Gasteiger partial charge on any atom is 0.107 e. The fraction of sp³-hybridized carbons (Fsp3) is 0.857. The Bertz CT molecular complexity index is 752. The third-order valence-corrected chi connectivity index (χ3v) is 11.0. The fourth-order valence-corrected chi connectivity index (χ4v) is 8.78. The molecule has 168 valence electrons. The SMILES string of the molecule is C=C(CC[C@@H](C)[C@H]1CC[C@H]2C3=C[C@@H]4O[C@@]45C[C@@H](O)CC[C@]5(C)[C@H]3CC[C@]12C)C(C)C. The molecular formula is C28H44O2. The third kappa shape index (κ3) is 2.81. The largest absolute Gasteiger partial charge is 0.393 e. The first-order chi connectivity index (χ1) is 14.1. The Morgan fingerprint density at radius 3 is 2.63 bits per heavy atom. The molecule has 1 N–H and O–H groups in total. The first-order valence-corrected chi connectivity index (χ1v) is 12.9. The molecule has 1 aliphatic heterocycles. The average Bonchev–Trinajstić information content (AvgIpc) is 3.27. The van der Waals surface area contributed by atoms with Crippen LogP contribution in [0.3, 0.4) is 0 Å². The lowest BCUT2D eigenvalue weighted by molar-refractivity contribution is -0.0536. The second-order valence-corrected chi connectivity index (χ2v) is 12.6. The Kier molecular flexibility index (Phi) is 4.92. The van der Waals surface area contributed by atoms with Crippen molar-refractivity contribution in [3.05, 3.63) is 23.8 Å². The molecule has 5 aliphatic rings. The minimum atomic E-state index is -0.163. The van der Waals surface area contributed by atoms with Gasteiger partial charge in [0.15, 0.2) is 0 Å². The number of ether oxygens (including phenoxy) is 1. The van der Waals surface area contributed by atoms with Crippen LogP contribution in [0.1, 0.15) is 92.4 Å². The molecule has 0 aromatic carbocycles. The highest BCUT2D eigenvalue weighted by molar-refractivity contribution is 5.38. The summed E-state index contributed by atoms with van der Waals surface area (Å²) in [4.78, 5) is 0. The molecule has 0 radical (unpaired) electrons. The Morgan fingerprint density at radius 2 is 1.90 bits per heavy atom. The van der Waals surface area contributed by atoms with Gasteiger partial charge in [0.25, 0.3) is 0 Å². The number of fused-ring (bicyclic) bond motifs is 4. The van der Waals surface area contributed by atoms with Crippen molar-refractivity contribution < 1.29 is 9.84 Å². The van der Waals surface area contributed by atoms with Gasteiger partial charge in [-0.05, 0) is 86.4 Å². The number of allylic oxidation sites excluding steroid dienone is 2. The van der Waals surface area contributed by atoms with Crippen LogP contribution in [0.15, 0.2) is 23.8 Å². The number of epoxide rings is 1. The molecule has 0 bridgehead atoms. The van der Waals surface area contributed by atoms with Gasteiger partial charge in [0.05, 0.1) is 6.10 Å². The number of aliphatic hydroxyl groups is 1. The van der Waals surface area contributed by atoms with E-state index in [-0.39, 0.29) is 23.2 Å². The van der Waals surface area contributed by atoms with E-state index in [4.69, 9.17) is 4.74 Å². The molecule has 4 aliphatic carbocycles. The van der Waals surface area contributed by atoms with Crippen molar-refractivity contribution in [2.24, 2.45) is 40.4 Å². The minimum absolute atomic E-state index is 0.0465. The highest BCUT2D eigenvalue weighted by Crippen LogP contribution is 2.72. The van der Waals surface area contributed by atoms with Gasteiger partial charge in [0, 0.05) is 11.8 Å². The van der Waals surface area contributed by atoms with Crippen LogP contribution in [-0.2, 0) is 4.74 Å². The summed E-state index contributed by atoms with van der Waals surface area (Å²) in [5.41, 5.74) is 3.84. The van der Waals surface area contributed by atoms with Gasteiger partial charge in [0.1, 0.15) is 11.7 Å². The molecule has 0 amide bonds. The van der Waals surface area contributed by atoms with Crippen molar-refractivity contribution in [2.45, 2.75) is 110 Å². The van der Waals surface area contributed by atoms with Gasteiger partial charge >= 0.3 is 0 Å². The topological polar surface area (TPSA) is 32.8 Å². The Hall–Kier alpha value is -0.600. The third-order valence-electron chi connectivity index (χ3n) is 11.0. The maximum absolute atomic E-state index is 10.4. The smallest absolute Gasteiger partial charge is 0.107 e. The van der Waals surface area contributed by atoms with Crippen LogP contribution in [0, 0.1) is 40.4 Å². The second-order valence-electron chi connectivity index (χ2n) is 12.6. The van der Waals surface area contributed by atoms with Gasteiger partial charge in [-0.15, -0.1) is 0 Å². The Labute approximate surface area is 184 Å². The molecule has 1 spiro atoms. The van der Waals surface area contributed by atoms with Crippen molar-refractivity contribution in [3.8, 4) is 0 Å². The monoisotopic (exact) mass is 412 g/mol. The number of aliphatic hydroxyl groups excluding tert-OH is 1. The van der Waals surface area contributed by atoms with Crippen LogP contribution in [0.25, 0.3) is 0 Å².